The first-order valence-electron chi connectivity index (χ1n) is 12.4. The van der Waals surface area contributed by atoms with Crippen molar-refractivity contribution in [1.29, 1.82) is 0 Å². The summed E-state index contributed by atoms with van der Waals surface area (Å²) >= 11 is 0. The van der Waals surface area contributed by atoms with Gasteiger partial charge in [-0.15, -0.1) is 0 Å². The fraction of sp³-hybridized carbons (Fsp3) is 0.0303. The molecule has 4 aromatic carbocycles. The monoisotopic (exact) mass is 475 g/mol. The number of aromatic nitrogens is 2. The smallest absolute Gasteiger partial charge is 0.153 e. The van der Waals surface area contributed by atoms with Crippen LogP contribution >= 0.6 is 0 Å². The van der Waals surface area contributed by atoms with Gasteiger partial charge in [-0.25, -0.2) is 9.98 Å². The van der Waals surface area contributed by atoms with E-state index in [9.17, 15) is 0 Å². The maximum absolute atomic E-state index is 6.43. The molecule has 0 fully saturated rings. The number of aliphatic imine (C=N–C) groups is 1. The van der Waals surface area contributed by atoms with E-state index < -0.39 is 5.54 Å². The van der Waals surface area contributed by atoms with Crippen LogP contribution in [0.1, 0.15) is 5.56 Å². The van der Waals surface area contributed by atoms with Gasteiger partial charge in [-0.1, -0.05) is 97.1 Å². The van der Waals surface area contributed by atoms with Gasteiger partial charge in [0.25, 0.3) is 0 Å². The molecule has 1 aliphatic carbocycles. The molecular weight excluding hydrogens is 454 g/mol. The maximum Gasteiger partial charge on any atom is 0.153 e. The third-order valence-electron chi connectivity index (χ3n) is 7.37. The quantitative estimate of drug-likeness (QED) is 0.264. The third-order valence-corrected chi connectivity index (χ3v) is 7.37. The average Bonchev–Trinajstić information content (AvgIpc) is 3.48. The Morgan fingerprint density at radius 3 is 2.24 bits per heavy atom. The summed E-state index contributed by atoms with van der Waals surface area (Å²) in [5.41, 5.74) is 7.65. The van der Waals surface area contributed by atoms with Crippen LogP contribution in [-0.2, 0) is 5.54 Å². The van der Waals surface area contributed by atoms with Crippen molar-refractivity contribution in [3.8, 4) is 39.7 Å². The molecule has 174 valence electrons. The SMILES string of the molecule is C1=CC2(C=C3Oc4ccccc4N=C13)c1ccccc1-c1nc(-c3ccccc3)c(-c3ccccc3)n12. The summed E-state index contributed by atoms with van der Waals surface area (Å²) in [5.74, 6) is 2.48. The lowest BCUT2D eigenvalue weighted by atomic mass is 9.84. The lowest BCUT2D eigenvalue weighted by molar-refractivity contribution is 0.434. The Morgan fingerprint density at radius 1 is 0.703 bits per heavy atom. The average molecular weight is 476 g/mol. The summed E-state index contributed by atoms with van der Waals surface area (Å²) in [6, 6.07) is 37.4. The molecule has 1 unspecified atom stereocenters. The number of imidazole rings is 1. The van der Waals surface area contributed by atoms with Gasteiger partial charge < -0.3 is 9.30 Å². The summed E-state index contributed by atoms with van der Waals surface area (Å²) in [5, 5.41) is 0. The molecule has 0 N–H and O–H groups in total. The van der Waals surface area contributed by atoms with Crippen molar-refractivity contribution in [2.75, 3.05) is 0 Å². The van der Waals surface area contributed by atoms with Crippen LogP contribution < -0.4 is 4.74 Å². The largest absolute Gasteiger partial charge is 0.453 e. The first kappa shape index (κ1) is 20.3. The van der Waals surface area contributed by atoms with Crippen LogP contribution in [0.15, 0.2) is 138 Å². The zero-order valence-electron chi connectivity index (χ0n) is 19.9. The van der Waals surface area contributed by atoms with Gasteiger partial charge in [0.15, 0.2) is 11.5 Å². The fourth-order valence-corrected chi connectivity index (χ4v) is 5.74. The van der Waals surface area contributed by atoms with Gasteiger partial charge in [-0.3, -0.25) is 0 Å². The second-order valence-corrected chi connectivity index (χ2v) is 9.48. The van der Waals surface area contributed by atoms with E-state index in [0.717, 1.165) is 56.8 Å². The highest BCUT2D eigenvalue weighted by Crippen LogP contribution is 2.52. The normalized spacial score (nSPS) is 18.3. The van der Waals surface area contributed by atoms with Crippen molar-refractivity contribution in [1.82, 2.24) is 9.55 Å². The molecule has 1 spiro atoms. The third kappa shape index (κ3) is 2.84. The number of fused-ring (bicyclic) bond motifs is 7. The van der Waals surface area contributed by atoms with Crippen molar-refractivity contribution in [3.63, 3.8) is 0 Å². The van der Waals surface area contributed by atoms with Crippen molar-refractivity contribution >= 4 is 11.4 Å². The Kier molecular flexibility index (Phi) is 4.12. The van der Waals surface area contributed by atoms with E-state index in [4.69, 9.17) is 14.7 Å². The van der Waals surface area contributed by atoms with Gasteiger partial charge in [-0.2, -0.15) is 0 Å². The zero-order chi connectivity index (χ0) is 24.4. The number of hydrogen-bond donors (Lipinski definition) is 0. The highest BCUT2D eigenvalue weighted by Gasteiger charge is 2.46. The molecule has 0 amide bonds. The molecule has 0 saturated carbocycles. The molecule has 3 heterocycles. The lowest BCUT2D eigenvalue weighted by Crippen LogP contribution is -2.33. The number of hydrogen-bond acceptors (Lipinski definition) is 3. The molecule has 37 heavy (non-hydrogen) atoms. The van der Waals surface area contributed by atoms with E-state index in [0.29, 0.717) is 0 Å². The van der Waals surface area contributed by atoms with E-state index in [1.807, 2.05) is 30.3 Å². The Morgan fingerprint density at radius 2 is 1.41 bits per heavy atom. The Balaban J connectivity index is 1.44. The predicted molar refractivity (Wildman–Crippen MR) is 147 cm³/mol. The highest BCUT2D eigenvalue weighted by atomic mass is 16.5. The molecule has 1 aromatic heterocycles. The van der Waals surface area contributed by atoms with E-state index in [1.54, 1.807) is 0 Å². The highest BCUT2D eigenvalue weighted by molar-refractivity contribution is 6.11. The molecular formula is C33H21N3O. The minimum Gasteiger partial charge on any atom is -0.453 e. The van der Waals surface area contributed by atoms with Gasteiger partial charge in [0.2, 0.25) is 0 Å². The van der Waals surface area contributed by atoms with E-state index in [2.05, 4.69) is 102 Å². The molecule has 8 rings (SSSR count). The Hall–Kier alpha value is -4.96. The van der Waals surface area contributed by atoms with Crippen LogP contribution in [0.25, 0.3) is 33.9 Å². The lowest BCUT2D eigenvalue weighted by Gasteiger charge is -2.33. The van der Waals surface area contributed by atoms with Crippen LogP contribution in [0.3, 0.4) is 0 Å². The van der Waals surface area contributed by atoms with Gasteiger partial charge in [0.1, 0.15) is 22.8 Å². The number of rotatable bonds is 2. The van der Waals surface area contributed by atoms with Crippen molar-refractivity contribution in [2.45, 2.75) is 5.54 Å². The zero-order valence-corrected chi connectivity index (χ0v) is 19.9. The molecule has 0 bridgehead atoms. The molecule has 0 radical (unpaired) electrons. The number of ether oxygens (including phenoxy) is 1. The summed E-state index contributed by atoms with van der Waals surface area (Å²) < 4.78 is 8.81. The predicted octanol–water partition coefficient (Wildman–Crippen LogP) is 7.56. The maximum atomic E-state index is 6.43. The molecule has 3 aliphatic rings. The number of nitrogens with zero attached hydrogens (tertiary/aromatic N) is 3. The molecule has 4 heteroatoms. The van der Waals surface area contributed by atoms with Gasteiger partial charge >= 0.3 is 0 Å². The summed E-state index contributed by atoms with van der Waals surface area (Å²) in [4.78, 5) is 10.2. The summed E-state index contributed by atoms with van der Waals surface area (Å²) in [6.07, 6.45) is 6.54. The second-order valence-electron chi connectivity index (χ2n) is 9.48. The summed E-state index contributed by atoms with van der Waals surface area (Å²) in [7, 11) is 0. The first-order chi connectivity index (χ1) is 18.3. The molecule has 2 aliphatic heterocycles. The fourth-order valence-electron chi connectivity index (χ4n) is 5.74. The number of benzene rings is 4. The van der Waals surface area contributed by atoms with E-state index in [1.165, 1.54) is 5.56 Å². The van der Waals surface area contributed by atoms with Crippen molar-refractivity contribution < 1.29 is 4.74 Å². The topological polar surface area (TPSA) is 39.4 Å². The molecule has 4 nitrogen and oxygen atoms in total. The van der Waals surface area contributed by atoms with Gasteiger partial charge in [0.05, 0.1) is 11.4 Å². The van der Waals surface area contributed by atoms with Crippen LogP contribution in [0, 0.1) is 0 Å². The van der Waals surface area contributed by atoms with Gasteiger partial charge in [-0.05, 0) is 35.9 Å². The number of para-hydroxylation sites is 2. The molecule has 1 atom stereocenters. The second kappa shape index (κ2) is 7.52. The van der Waals surface area contributed by atoms with E-state index >= 15 is 0 Å². The standard InChI is InChI=1S/C33H21N3O/c1-3-11-22(12-4-1)30-31(23-13-5-2-6-14-23)36-32(35-30)24-15-7-8-16-25(24)33(36)20-19-27-29(21-33)37-28-18-10-9-17-26(28)34-27/h1-21H. The summed E-state index contributed by atoms with van der Waals surface area (Å²) in [6.45, 7) is 0. The van der Waals surface area contributed by atoms with E-state index in [-0.39, 0.29) is 0 Å². The molecule has 0 saturated heterocycles. The van der Waals surface area contributed by atoms with Crippen LogP contribution in [0.5, 0.6) is 5.75 Å². The Bertz CT molecular complexity index is 1790. The van der Waals surface area contributed by atoms with Crippen molar-refractivity contribution in [3.05, 3.63) is 139 Å². The minimum atomic E-state index is -0.599. The van der Waals surface area contributed by atoms with Crippen LogP contribution in [-0.4, -0.2) is 15.3 Å². The number of allylic oxidation sites excluding steroid dienone is 3. The molecule has 5 aromatic rings. The van der Waals surface area contributed by atoms with Crippen LogP contribution in [0.4, 0.5) is 5.69 Å². The van der Waals surface area contributed by atoms with Crippen molar-refractivity contribution in [2.24, 2.45) is 4.99 Å². The van der Waals surface area contributed by atoms with Crippen LogP contribution in [0.2, 0.25) is 0 Å². The Labute approximate surface area is 214 Å². The minimum absolute atomic E-state index is 0.599. The first-order valence-corrected chi connectivity index (χ1v) is 12.4. The van der Waals surface area contributed by atoms with Gasteiger partial charge in [0, 0.05) is 16.7 Å².